The molecule has 4 aromatic rings. The van der Waals surface area contributed by atoms with Gasteiger partial charge >= 0.3 is 6.36 Å². The van der Waals surface area contributed by atoms with Crippen LogP contribution in [0.15, 0.2) is 77.9 Å². The minimum atomic E-state index is -4.72. The lowest BCUT2D eigenvalue weighted by molar-refractivity contribution is -0.274. The van der Waals surface area contributed by atoms with E-state index in [4.69, 9.17) is 0 Å². The molecule has 0 saturated carbocycles. The Morgan fingerprint density at radius 2 is 1.73 bits per heavy atom. The zero-order valence-electron chi connectivity index (χ0n) is 15.4. The molecule has 0 saturated heterocycles. The van der Waals surface area contributed by atoms with Crippen LogP contribution >= 0.6 is 0 Å². The fourth-order valence-corrected chi connectivity index (χ4v) is 2.90. The normalized spacial score (nSPS) is 11.4. The van der Waals surface area contributed by atoms with Gasteiger partial charge in [-0.15, -0.1) is 13.2 Å². The molecule has 9 heteroatoms. The summed E-state index contributed by atoms with van der Waals surface area (Å²) in [7, 11) is 0. The molecule has 152 valence electrons. The van der Waals surface area contributed by atoms with Crippen LogP contribution in [-0.2, 0) is 6.54 Å². The molecular weight excluding hydrogens is 397 g/mol. The number of hydrogen-bond acceptors (Lipinski definition) is 4. The monoisotopic (exact) mass is 412 g/mol. The molecule has 2 aromatic carbocycles. The Bertz CT molecular complexity index is 1200. The molecule has 0 aliphatic rings. The standard InChI is InChI=1S/C21H15F3N4O2/c22-21(23,24)30-17-8-6-14(7-9-17)12-28-13-16(11-25-28)18-10-19(29)27-20(26-18)15-4-2-1-3-5-15/h1-11,13H,12H2,(H,26,27,29). The van der Waals surface area contributed by atoms with Gasteiger partial charge in [-0.25, -0.2) is 4.98 Å². The zero-order valence-corrected chi connectivity index (χ0v) is 15.4. The van der Waals surface area contributed by atoms with E-state index in [1.165, 1.54) is 30.3 Å². The van der Waals surface area contributed by atoms with Crippen LogP contribution in [0, 0.1) is 0 Å². The predicted octanol–water partition coefficient (Wildman–Crippen LogP) is 4.25. The van der Waals surface area contributed by atoms with Crippen LogP contribution in [0.2, 0.25) is 0 Å². The summed E-state index contributed by atoms with van der Waals surface area (Å²) >= 11 is 0. The van der Waals surface area contributed by atoms with Gasteiger partial charge in [-0.3, -0.25) is 9.48 Å². The first kappa shape index (κ1) is 19.4. The SMILES string of the molecule is O=c1cc(-c2cnn(Cc3ccc(OC(F)(F)F)cc3)c2)nc(-c2ccccc2)[nH]1. The van der Waals surface area contributed by atoms with Crippen molar-refractivity contribution in [3.05, 3.63) is 89.0 Å². The summed E-state index contributed by atoms with van der Waals surface area (Å²) < 4.78 is 42.2. The minimum absolute atomic E-state index is 0.284. The van der Waals surface area contributed by atoms with E-state index in [9.17, 15) is 18.0 Å². The number of hydrogen-bond donors (Lipinski definition) is 1. The molecule has 0 aliphatic carbocycles. The van der Waals surface area contributed by atoms with Crippen LogP contribution in [0.25, 0.3) is 22.6 Å². The number of benzene rings is 2. The van der Waals surface area contributed by atoms with Gasteiger partial charge in [0.25, 0.3) is 5.56 Å². The van der Waals surface area contributed by atoms with Crippen LogP contribution in [-0.4, -0.2) is 26.1 Å². The number of nitrogens with one attached hydrogen (secondary N) is 1. The Morgan fingerprint density at radius 3 is 2.43 bits per heavy atom. The van der Waals surface area contributed by atoms with E-state index in [2.05, 4.69) is 19.8 Å². The first-order valence-corrected chi connectivity index (χ1v) is 8.90. The summed E-state index contributed by atoms with van der Waals surface area (Å²) in [5.41, 5.74) is 2.35. The second kappa shape index (κ2) is 7.86. The van der Waals surface area contributed by atoms with Crippen LogP contribution in [0.1, 0.15) is 5.56 Å². The van der Waals surface area contributed by atoms with Crippen molar-refractivity contribution >= 4 is 0 Å². The largest absolute Gasteiger partial charge is 0.573 e. The third kappa shape index (κ3) is 4.75. The van der Waals surface area contributed by atoms with Gasteiger partial charge in [-0.05, 0) is 17.7 Å². The van der Waals surface area contributed by atoms with Crippen molar-refractivity contribution < 1.29 is 17.9 Å². The number of H-pyrrole nitrogens is 1. The highest BCUT2D eigenvalue weighted by atomic mass is 19.4. The Labute approximate surface area is 168 Å². The molecule has 0 fully saturated rings. The Kier molecular flexibility index (Phi) is 5.09. The molecule has 0 unspecified atom stereocenters. The highest BCUT2D eigenvalue weighted by Gasteiger charge is 2.30. The Balaban J connectivity index is 1.53. The number of aromatic amines is 1. The molecule has 0 bridgehead atoms. The predicted molar refractivity (Wildman–Crippen MR) is 104 cm³/mol. The molecule has 6 nitrogen and oxygen atoms in total. The number of nitrogens with zero attached hydrogens (tertiary/aromatic N) is 3. The van der Waals surface area contributed by atoms with Crippen molar-refractivity contribution in [2.75, 3.05) is 0 Å². The maximum Gasteiger partial charge on any atom is 0.573 e. The summed E-state index contributed by atoms with van der Waals surface area (Å²) in [6.07, 6.45) is -1.42. The number of halogens is 3. The molecule has 2 heterocycles. The quantitative estimate of drug-likeness (QED) is 0.532. The highest BCUT2D eigenvalue weighted by molar-refractivity contribution is 5.62. The van der Waals surface area contributed by atoms with Gasteiger partial charge in [-0.2, -0.15) is 5.10 Å². The second-order valence-corrected chi connectivity index (χ2v) is 6.46. The number of aromatic nitrogens is 4. The lowest BCUT2D eigenvalue weighted by Crippen LogP contribution is -2.17. The Hall–Kier alpha value is -3.88. The van der Waals surface area contributed by atoms with E-state index < -0.39 is 6.36 Å². The van der Waals surface area contributed by atoms with Gasteiger partial charge in [-0.1, -0.05) is 42.5 Å². The smallest absolute Gasteiger partial charge is 0.406 e. The lowest BCUT2D eigenvalue weighted by Gasteiger charge is -2.09. The van der Waals surface area contributed by atoms with Gasteiger partial charge in [0.15, 0.2) is 0 Å². The van der Waals surface area contributed by atoms with Crippen molar-refractivity contribution in [3.8, 4) is 28.4 Å². The average molecular weight is 412 g/mol. The third-order valence-electron chi connectivity index (χ3n) is 4.22. The maximum absolute atomic E-state index is 12.3. The molecule has 30 heavy (non-hydrogen) atoms. The van der Waals surface area contributed by atoms with Crippen LogP contribution in [0.4, 0.5) is 13.2 Å². The van der Waals surface area contributed by atoms with Gasteiger partial charge in [0.2, 0.25) is 0 Å². The third-order valence-corrected chi connectivity index (χ3v) is 4.22. The molecule has 2 aromatic heterocycles. The van der Waals surface area contributed by atoms with Crippen LogP contribution in [0.3, 0.4) is 0 Å². The molecule has 0 spiro atoms. The fraction of sp³-hybridized carbons (Fsp3) is 0.0952. The number of alkyl halides is 3. The van der Waals surface area contributed by atoms with Crippen molar-refractivity contribution in [1.29, 1.82) is 0 Å². The van der Waals surface area contributed by atoms with E-state index in [-0.39, 0.29) is 11.3 Å². The van der Waals surface area contributed by atoms with E-state index in [0.29, 0.717) is 23.6 Å². The summed E-state index contributed by atoms with van der Waals surface area (Å²) in [6.45, 7) is 0.334. The summed E-state index contributed by atoms with van der Waals surface area (Å²) in [4.78, 5) is 19.3. The topological polar surface area (TPSA) is 72.8 Å². The van der Waals surface area contributed by atoms with Crippen molar-refractivity contribution in [1.82, 2.24) is 19.7 Å². The van der Waals surface area contributed by atoms with Gasteiger partial charge in [0.1, 0.15) is 11.6 Å². The summed E-state index contributed by atoms with van der Waals surface area (Å²) in [5.74, 6) is 0.166. The minimum Gasteiger partial charge on any atom is -0.406 e. The zero-order chi connectivity index (χ0) is 21.1. The van der Waals surface area contributed by atoms with Crippen molar-refractivity contribution in [2.45, 2.75) is 12.9 Å². The Morgan fingerprint density at radius 1 is 1.00 bits per heavy atom. The lowest BCUT2D eigenvalue weighted by atomic mass is 10.2. The molecule has 0 atom stereocenters. The molecule has 0 radical (unpaired) electrons. The van der Waals surface area contributed by atoms with E-state index in [1.807, 2.05) is 30.3 Å². The molecule has 0 amide bonds. The van der Waals surface area contributed by atoms with Gasteiger partial charge < -0.3 is 9.72 Å². The number of rotatable bonds is 5. The van der Waals surface area contributed by atoms with E-state index in [0.717, 1.165) is 11.1 Å². The van der Waals surface area contributed by atoms with Crippen molar-refractivity contribution in [2.24, 2.45) is 0 Å². The molecule has 1 N–H and O–H groups in total. The second-order valence-electron chi connectivity index (χ2n) is 6.46. The first-order chi connectivity index (χ1) is 14.4. The van der Waals surface area contributed by atoms with Gasteiger partial charge in [0.05, 0.1) is 18.4 Å². The van der Waals surface area contributed by atoms with Crippen LogP contribution < -0.4 is 10.3 Å². The molecule has 0 aliphatic heterocycles. The summed E-state index contributed by atoms with van der Waals surface area (Å²) in [6, 6.07) is 16.2. The fourth-order valence-electron chi connectivity index (χ4n) is 2.90. The summed E-state index contributed by atoms with van der Waals surface area (Å²) in [5, 5.41) is 4.25. The number of ether oxygens (including phenoxy) is 1. The van der Waals surface area contributed by atoms with E-state index in [1.54, 1.807) is 17.1 Å². The average Bonchev–Trinajstić information content (AvgIpc) is 3.17. The highest BCUT2D eigenvalue weighted by Crippen LogP contribution is 2.23. The molecule has 4 rings (SSSR count). The van der Waals surface area contributed by atoms with E-state index >= 15 is 0 Å². The van der Waals surface area contributed by atoms with Gasteiger partial charge in [0, 0.05) is 23.4 Å². The van der Waals surface area contributed by atoms with Crippen LogP contribution in [0.5, 0.6) is 5.75 Å². The molecular formula is C21H15F3N4O2. The van der Waals surface area contributed by atoms with Crippen molar-refractivity contribution in [3.63, 3.8) is 0 Å². The maximum atomic E-state index is 12.3. The first-order valence-electron chi connectivity index (χ1n) is 8.90.